The standard InChI is InChI=1S/C8H16N2O4.C2H6/c1-3-9-7(13)5(11)6(12)8(14)10-4-2;1-2/h5-6,11-12H,3-4H2,1-2H3,(H,9,13)(H,10,14);1-2H3. The molecule has 2 unspecified atom stereocenters. The summed E-state index contributed by atoms with van der Waals surface area (Å²) in [6.07, 6.45) is -3.44. The Labute approximate surface area is 96.0 Å². The largest absolute Gasteiger partial charge is 0.380 e. The molecule has 6 nitrogen and oxygen atoms in total. The van der Waals surface area contributed by atoms with Crippen LogP contribution in [0.2, 0.25) is 0 Å². The van der Waals surface area contributed by atoms with E-state index in [4.69, 9.17) is 0 Å². The van der Waals surface area contributed by atoms with E-state index >= 15 is 0 Å². The Balaban J connectivity index is 0. The molecule has 0 saturated heterocycles. The average Bonchev–Trinajstić information content (AvgIpc) is 2.30. The van der Waals surface area contributed by atoms with Crippen LogP contribution in [0.3, 0.4) is 0 Å². The first-order valence-electron chi connectivity index (χ1n) is 5.46. The number of aliphatic hydroxyl groups excluding tert-OH is 2. The maximum Gasteiger partial charge on any atom is 0.252 e. The summed E-state index contributed by atoms with van der Waals surface area (Å²) in [5.74, 6) is -1.52. The second kappa shape index (κ2) is 10.4. The molecule has 0 aliphatic heterocycles. The lowest BCUT2D eigenvalue weighted by atomic mass is 10.2. The van der Waals surface area contributed by atoms with E-state index < -0.39 is 24.0 Å². The van der Waals surface area contributed by atoms with Gasteiger partial charge in [0.05, 0.1) is 0 Å². The summed E-state index contributed by atoms with van der Waals surface area (Å²) in [6.45, 7) is 8.00. The molecule has 2 atom stereocenters. The number of likely N-dealkylation sites (N-methyl/N-ethyl adjacent to an activating group) is 2. The highest BCUT2D eigenvalue weighted by molar-refractivity contribution is 5.90. The van der Waals surface area contributed by atoms with E-state index in [1.807, 2.05) is 13.8 Å². The Morgan fingerprint density at radius 3 is 1.38 bits per heavy atom. The summed E-state index contributed by atoms with van der Waals surface area (Å²) < 4.78 is 0. The van der Waals surface area contributed by atoms with E-state index in [9.17, 15) is 19.8 Å². The second-order valence-corrected chi connectivity index (χ2v) is 2.68. The van der Waals surface area contributed by atoms with Gasteiger partial charge in [0, 0.05) is 13.1 Å². The summed E-state index contributed by atoms with van der Waals surface area (Å²) in [4.78, 5) is 22.0. The molecule has 0 aromatic carbocycles. The summed E-state index contributed by atoms with van der Waals surface area (Å²) in [6, 6.07) is 0. The van der Waals surface area contributed by atoms with Crippen molar-refractivity contribution < 1.29 is 19.8 Å². The van der Waals surface area contributed by atoms with Gasteiger partial charge < -0.3 is 20.8 Å². The van der Waals surface area contributed by atoms with Gasteiger partial charge in [-0.3, -0.25) is 9.59 Å². The van der Waals surface area contributed by atoms with Crippen LogP contribution in [0.5, 0.6) is 0 Å². The number of aliphatic hydroxyl groups is 2. The van der Waals surface area contributed by atoms with Crippen LogP contribution in [0.1, 0.15) is 27.7 Å². The summed E-state index contributed by atoms with van der Waals surface area (Å²) >= 11 is 0. The number of nitrogens with one attached hydrogen (secondary N) is 2. The lowest BCUT2D eigenvalue weighted by Crippen LogP contribution is -2.49. The van der Waals surface area contributed by atoms with E-state index in [1.54, 1.807) is 13.8 Å². The van der Waals surface area contributed by atoms with Gasteiger partial charge in [0.1, 0.15) is 0 Å². The Kier molecular flexibility index (Phi) is 11.2. The molecule has 0 spiro atoms. The van der Waals surface area contributed by atoms with Crippen LogP contribution in [0.15, 0.2) is 0 Å². The molecular weight excluding hydrogens is 212 g/mol. The number of carbonyl (C=O) groups excluding carboxylic acids is 2. The van der Waals surface area contributed by atoms with Crippen molar-refractivity contribution in [1.82, 2.24) is 10.6 Å². The molecule has 0 aromatic heterocycles. The molecule has 2 amide bonds. The number of hydrogen-bond donors (Lipinski definition) is 4. The van der Waals surface area contributed by atoms with Crippen molar-refractivity contribution in [2.75, 3.05) is 13.1 Å². The monoisotopic (exact) mass is 234 g/mol. The summed E-state index contributed by atoms with van der Waals surface area (Å²) in [7, 11) is 0. The number of rotatable bonds is 5. The minimum absolute atomic E-state index is 0.331. The summed E-state index contributed by atoms with van der Waals surface area (Å²) in [5, 5.41) is 23.0. The van der Waals surface area contributed by atoms with Crippen molar-refractivity contribution in [3.63, 3.8) is 0 Å². The van der Waals surface area contributed by atoms with Gasteiger partial charge >= 0.3 is 0 Å². The Hall–Kier alpha value is -1.14. The van der Waals surface area contributed by atoms with E-state index in [-0.39, 0.29) is 0 Å². The van der Waals surface area contributed by atoms with Crippen molar-refractivity contribution in [3.05, 3.63) is 0 Å². The van der Waals surface area contributed by atoms with Crippen LogP contribution in [0.25, 0.3) is 0 Å². The van der Waals surface area contributed by atoms with Crippen molar-refractivity contribution in [3.8, 4) is 0 Å². The molecule has 0 heterocycles. The predicted octanol–water partition coefficient (Wildman–Crippen LogP) is -0.993. The fraction of sp³-hybridized carbons (Fsp3) is 0.800. The molecule has 0 fully saturated rings. The quantitative estimate of drug-likeness (QED) is 0.490. The third-order valence-corrected chi connectivity index (χ3v) is 1.54. The zero-order chi connectivity index (χ0) is 13.1. The molecule has 4 N–H and O–H groups in total. The maximum atomic E-state index is 11.0. The van der Waals surface area contributed by atoms with E-state index in [1.165, 1.54) is 0 Å². The van der Waals surface area contributed by atoms with Gasteiger partial charge in [0.2, 0.25) is 0 Å². The minimum Gasteiger partial charge on any atom is -0.380 e. The van der Waals surface area contributed by atoms with Crippen LogP contribution >= 0.6 is 0 Å². The third kappa shape index (κ3) is 6.36. The van der Waals surface area contributed by atoms with Crippen molar-refractivity contribution >= 4 is 11.8 Å². The van der Waals surface area contributed by atoms with Gasteiger partial charge in [-0.25, -0.2) is 0 Å². The number of amides is 2. The zero-order valence-corrected chi connectivity index (χ0v) is 10.3. The van der Waals surface area contributed by atoms with Crippen molar-refractivity contribution in [2.45, 2.75) is 39.9 Å². The molecule has 0 bridgehead atoms. The molecular formula is C10H22N2O4. The molecule has 16 heavy (non-hydrogen) atoms. The number of carbonyl (C=O) groups is 2. The molecule has 0 aliphatic carbocycles. The number of hydrogen-bond acceptors (Lipinski definition) is 4. The van der Waals surface area contributed by atoms with Gasteiger partial charge in [0.15, 0.2) is 12.2 Å². The smallest absolute Gasteiger partial charge is 0.252 e. The third-order valence-electron chi connectivity index (χ3n) is 1.54. The molecule has 0 aliphatic rings. The first kappa shape index (κ1) is 17.3. The van der Waals surface area contributed by atoms with Crippen LogP contribution < -0.4 is 10.6 Å². The maximum absolute atomic E-state index is 11.0. The SMILES string of the molecule is CC.CCNC(=O)C(O)C(O)C(=O)NCC. The first-order valence-corrected chi connectivity index (χ1v) is 5.46. The minimum atomic E-state index is -1.72. The molecule has 0 aromatic rings. The zero-order valence-electron chi connectivity index (χ0n) is 10.3. The average molecular weight is 234 g/mol. The second-order valence-electron chi connectivity index (χ2n) is 2.68. The highest BCUT2D eigenvalue weighted by atomic mass is 16.3. The summed E-state index contributed by atoms with van der Waals surface area (Å²) in [5.41, 5.74) is 0. The van der Waals surface area contributed by atoms with Crippen LogP contribution in [0.4, 0.5) is 0 Å². The molecule has 0 radical (unpaired) electrons. The van der Waals surface area contributed by atoms with Gasteiger partial charge in [-0.1, -0.05) is 13.8 Å². The van der Waals surface area contributed by atoms with Gasteiger partial charge in [0.25, 0.3) is 11.8 Å². The van der Waals surface area contributed by atoms with Crippen LogP contribution in [-0.4, -0.2) is 47.3 Å². The van der Waals surface area contributed by atoms with Crippen molar-refractivity contribution in [1.29, 1.82) is 0 Å². The fourth-order valence-corrected chi connectivity index (χ4v) is 0.844. The molecule has 6 heteroatoms. The van der Waals surface area contributed by atoms with Gasteiger partial charge in [-0.15, -0.1) is 0 Å². The Bertz CT molecular complexity index is 187. The lowest BCUT2D eigenvalue weighted by molar-refractivity contribution is -0.145. The molecule has 0 rings (SSSR count). The molecule has 0 saturated carbocycles. The Morgan fingerprint density at radius 2 is 1.19 bits per heavy atom. The van der Waals surface area contributed by atoms with E-state index in [0.717, 1.165) is 0 Å². The van der Waals surface area contributed by atoms with E-state index in [0.29, 0.717) is 13.1 Å². The highest BCUT2D eigenvalue weighted by Gasteiger charge is 2.29. The van der Waals surface area contributed by atoms with Crippen LogP contribution in [0, 0.1) is 0 Å². The van der Waals surface area contributed by atoms with E-state index in [2.05, 4.69) is 10.6 Å². The van der Waals surface area contributed by atoms with Crippen LogP contribution in [-0.2, 0) is 9.59 Å². The van der Waals surface area contributed by atoms with Gasteiger partial charge in [-0.2, -0.15) is 0 Å². The lowest BCUT2D eigenvalue weighted by Gasteiger charge is -2.15. The molecule has 96 valence electrons. The predicted molar refractivity (Wildman–Crippen MR) is 60.7 cm³/mol. The fourth-order valence-electron chi connectivity index (χ4n) is 0.844. The Morgan fingerprint density at radius 1 is 0.938 bits per heavy atom. The normalized spacial score (nSPS) is 12.9. The topological polar surface area (TPSA) is 98.7 Å². The highest BCUT2D eigenvalue weighted by Crippen LogP contribution is 1.93. The van der Waals surface area contributed by atoms with Crippen molar-refractivity contribution in [2.24, 2.45) is 0 Å². The van der Waals surface area contributed by atoms with Gasteiger partial charge in [-0.05, 0) is 13.8 Å². The first-order chi connectivity index (χ1) is 7.54.